The molecule has 0 bridgehead atoms. The zero-order valence-electron chi connectivity index (χ0n) is 76.9. The van der Waals surface area contributed by atoms with Crippen molar-refractivity contribution in [3.05, 3.63) is 310 Å². The summed E-state index contributed by atoms with van der Waals surface area (Å²) < 4.78 is 196. The predicted octanol–water partition coefficient (Wildman–Crippen LogP) is 19.2. The highest BCUT2D eigenvalue weighted by Gasteiger charge is 2.35. The lowest BCUT2D eigenvalue weighted by atomic mass is 10.1. The van der Waals surface area contributed by atoms with Gasteiger partial charge in [-0.2, -0.15) is 62.3 Å². The topological polar surface area (TPSA) is 406 Å². The summed E-state index contributed by atoms with van der Waals surface area (Å²) in [6, 6.07) is 37.1. The van der Waals surface area contributed by atoms with Gasteiger partial charge >= 0.3 is 48.7 Å². The van der Waals surface area contributed by atoms with Gasteiger partial charge in [0.15, 0.2) is 29.1 Å². The lowest BCUT2D eigenvalue weighted by Gasteiger charge is -2.11. The van der Waals surface area contributed by atoms with Crippen LogP contribution < -0.4 is 15.2 Å². The van der Waals surface area contributed by atoms with Gasteiger partial charge in [-0.15, -0.1) is 25.5 Å². The van der Waals surface area contributed by atoms with Crippen molar-refractivity contribution in [2.75, 3.05) is 14.2 Å². The molecule has 15 rings (SSSR count). The minimum Gasteiger partial charge on any atom is -0.481 e. The summed E-state index contributed by atoms with van der Waals surface area (Å²) in [4.78, 5) is 92.0. The summed E-state index contributed by atoms with van der Waals surface area (Å²) in [6.07, 6.45) is 3.66. The number of carbonyl (C=O) groups is 4. The molecular formula is C97H82F13N23O9. The van der Waals surface area contributed by atoms with Gasteiger partial charge in [0.05, 0.1) is 88.4 Å². The lowest BCUT2D eigenvalue weighted by molar-refractivity contribution is -0.141. The zero-order chi connectivity index (χ0) is 103. The van der Waals surface area contributed by atoms with Crippen molar-refractivity contribution in [3.8, 4) is 74.8 Å². The highest BCUT2D eigenvalue weighted by Crippen LogP contribution is 2.38. The molecule has 5 aromatic carbocycles. The Hall–Kier alpha value is -17.8. The monoisotopic (exact) mass is 1960 g/mol. The van der Waals surface area contributed by atoms with Gasteiger partial charge in [-0.25, -0.2) is 82.6 Å². The fourth-order valence-corrected chi connectivity index (χ4v) is 13.0. The number of rotatable bonds is 23. The van der Waals surface area contributed by atoms with E-state index >= 15 is 0 Å². The van der Waals surface area contributed by atoms with E-state index in [-0.39, 0.29) is 91.2 Å². The summed E-state index contributed by atoms with van der Waals surface area (Å²) in [5, 5.41) is 39.7. The standard InChI is InChI=1S/C22H21F3N4O3.C21H19F3N4O2.C19H15F3N4O3.C18H12F3N5.C17H15FN6O/c1-13(2)32-21(30)18(15-5-6-19(31-4)26-10-15)11-29-12-27-20(28-29)16-7-14(3)8-17(9-16)22(23,24)25;1-13(2)30-20(29)18(15-5-4-6-25-10-15)11-28-12-26-19(27-28)16-7-14(3)8-17(9-16)21(22,23)24;1-11-5-13(7-14(6-11)19(20,21)22)17-24-10-26(25-17)9-15(18(27)28)12-3-4-16(29-2)23-8-12;1-12-6-13(8-15(7-12)18(19,20)21)17-24-11-26(25-17)10-14(9-22)16-4-2-3-5-23-16;1-10-3-11(2)5-12(4-10)16-22-9-24(23-16)8-14(15(19)25)13-6-20-17(18)21-7-13/h5-13H,1-4H3;4-13H,1-3H3;3-10H,1-2H3,(H,27,28);2-8,10-11H,1H3;3-9H,1-2H3,(H2,19,25)/b2*18-11+;15-9+;;14-8+. The highest BCUT2D eigenvalue weighted by molar-refractivity contribution is 6.22. The molecule has 0 saturated heterocycles. The van der Waals surface area contributed by atoms with Crippen LogP contribution in [0.3, 0.4) is 0 Å². The molecule has 0 aliphatic rings. The van der Waals surface area contributed by atoms with Crippen molar-refractivity contribution in [2.45, 2.75) is 106 Å². The first-order valence-electron chi connectivity index (χ1n) is 41.8. The average Bonchev–Trinajstić information content (AvgIpc) is 1.56. The summed E-state index contributed by atoms with van der Waals surface area (Å²) >= 11 is 0. The molecule has 45 heteroatoms. The van der Waals surface area contributed by atoms with Gasteiger partial charge < -0.3 is 29.8 Å². The van der Waals surface area contributed by atoms with Crippen molar-refractivity contribution in [2.24, 2.45) is 5.73 Å². The fraction of sp³-hybridized carbons (Fsp3) is 0.186. The van der Waals surface area contributed by atoms with E-state index in [0.29, 0.717) is 62.2 Å². The predicted molar refractivity (Wildman–Crippen MR) is 493 cm³/mol. The van der Waals surface area contributed by atoms with E-state index in [1.807, 2.05) is 32.0 Å². The van der Waals surface area contributed by atoms with Gasteiger partial charge in [-0.05, 0) is 207 Å². The summed E-state index contributed by atoms with van der Waals surface area (Å²) in [7, 11) is 2.90. The Morgan fingerprint density at radius 2 is 0.704 bits per heavy atom. The molecule has 10 aromatic heterocycles. The van der Waals surface area contributed by atoms with Crippen LogP contribution in [0.5, 0.6) is 11.8 Å². The number of aliphatic carboxylic acids is 1. The van der Waals surface area contributed by atoms with Crippen LogP contribution in [0.1, 0.15) is 111 Å². The quantitative estimate of drug-likeness (QED) is 0.0197. The molecular weight excluding hydrogens is 1880 g/mol. The van der Waals surface area contributed by atoms with Gasteiger partial charge in [-0.3, -0.25) is 14.8 Å². The molecule has 10 heterocycles. The number of alkyl halides is 12. The van der Waals surface area contributed by atoms with Gasteiger partial charge in [0.25, 0.3) is 5.91 Å². The summed E-state index contributed by atoms with van der Waals surface area (Å²) in [6.45, 7) is 17.1. The number of hydrogen-bond donors (Lipinski definition) is 2. The van der Waals surface area contributed by atoms with E-state index in [1.54, 1.807) is 122 Å². The Morgan fingerprint density at radius 1 is 0.380 bits per heavy atom. The number of ether oxygens (including phenoxy) is 4. The van der Waals surface area contributed by atoms with Crippen LogP contribution in [-0.4, -0.2) is 159 Å². The first kappa shape index (κ1) is 105. The van der Waals surface area contributed by atoms with E-state index in [1.165, 1.54) is 152 Å². The number of halogens is 13. The van der Waals surface area contributed by atoms with E-state index in [9.17, 15) is 86.6 Å². The van der Waals surface area contributed by atoms with Crippen LogP contribution in [0.4, 0.5) is 57.1 Å². The first-order valence-corrected chi connectivity index (χ1v) is 41.8. The number of nitriles is 1. The molecule has 0 unspecified atom stereocenters. The van der Waals surface area contributed by atoms with Crippen LogP contribution in [0.2, 0.25) is 0 Å². The zero-order valence-corrected chi connectivity index (χ0v) is 76.9. The minimum absolute atomic E-state index is 0.0352. The second-order valence-corrected chi connectivity index (χ2v) is 31.2. The number of carboxylic acids is 1. The van der Waals surface area contributed by atoms with Crippen LogP contribution in [0.15, 0.2) is 221 Å². The molecule has 32 nitrogen and oxygen atoms in total. The van der Waals surface area contributed by atoms with Crippen LogP contribution in [0.25, 0.3) is 116 Å². The molecule has 0 saturated carbocycles. The van der Waals surface area contributed by atoms with Crippen molar-refractivity contribution in [1.29, 1.82) is 5.26 Å². The number of benzene rings is 5. The van der Waals surface area contributed by atoms with Gasteiger partial charge in [0, 0.05) is 130 Å². The van der Waals surface area contributed by atoms with E-state index in [0.717, 1.165) is 69.9 Å². The summed E-state index contributed by atoms with van der Waals surface area (Å²) in [5.74, 6) is -1.58. The third-order valence-corrected chi connectivity index (χ3v) is 19.1. The van der Waals surface area contributed by atoms with E-state index in [4.69, 9.17) is 24.7 Å². The second kappa shape index (κ2) is 45.9. The van der Waals surface area contributed by atoms with Crippen molar-refractivity contribution in [3.63, 3.8) is 0 Å². The molecule has 0 radical (unpaired) electrons. The number of carbonyl (C=O) groups excluding carboxylic acids is 3. The van der Waals surface area contributed by atoms with Crippen LogP contribution in [-0.2, 0) is 53.4 Å². The van der Waals surface area contributed by atoms with Crippen LogP contribution in [0, 0.1) is 59.0 Å². The van der Waals surface area contributed by atoms with Gasteiger partial charge in [0.2, 0.25) is 11.8 Å². The minimum atomic E-state index is -4.50. The lowest BCUT2D eigenvalue weighted by Crippen LogP contribution is -2.14. The Bertz CT molecular complexity index is 7200. The molecule has 15 aromatic rings. The van der Waals surface area contributed by atoms with Crippen molar-refractivity contribution in [1.82, 2.24) is 104 Å². The largest absolute Gasteiger partial charge is 0.481 e. The maximum atomic E-state index is 13.2. The molecule has 730 valence electrons. The normalized spacial score (nSPS) is 12.1. The number of primary amides is 1. The maximum Gasteiger partial charge on any atom is 0.416 e. The number of carboxylic acid groups (broad SMARTS) is 1. The number of aryl methyl sites for hydroxylation is 6. The van der Waals surface area contributed by atoms with Crippen LogP contribution >= 0.6 is 0 Å². The molecule has 3 N–H and O–H groups in total. The third kappa shape index (κ3) is 29.4. The Kier molecular flexibility index (Phi) is 33.9. The number of amides is 1. The number of nitrogens with zero attached hydrogens (tertiary/aromatic N) is 22. The first-order chi connectivity index (χ1) is 67.1. The number of nitrogens with two attached hydrogens (primary N) is 1. The summed E-state index contributed by atoms with van der Waals surface area (Å²) in [5.41, 5.74) is 10.5. The number of pyridine rings is 4. The van der Waals surface area contributed by atoms with Crippen molar-refractivity contribution < 1.29 is 100 Å². The molecule has 0 aliphatic heterocycles. The SMILES string of the molecule is COc1ccc(/C(=C\n2cnc(-c3cc(C)cc(C(F)(F)F)c3)n2)C(=O)O)cn1.COc1ccc(/C(=C\n2cnc(-c3cc(C)cc(C(F)(F)F)c3)n2)C(=O)OC(C)C)cn1.Cc1cc(-c2ncn(/C=C(/C(=O)OC(C)C)c3cccnc3)n2)cc(C(F)(F)F)c1.Cc1cc(-c2ncn(C=C(C#N)c3ccccn3)n2)cc(C(F)(F)F)c1.Cc1cc(C)cc(-c2ncn(/C=C(/C(N)=O)c3cnc(F)nc3)n2)c1. The van der Waals surface area contributed by atoms with Crippen molar-refractivity contribution >= 4 is 82.7 Å². The molecule has 0 spiro atoms. The molecule has 1 amide bonds. The average molecular weight is 1960 g/mol. The number of methoxy groups -OCH3 is 2. The van der Waals surface area contributed by atoms with E-state index < -0.39 is 76.9 Å². The third-order valence-electron chi connectivity index (χ3n) is 19.1. The molecule has 0 atom stereocenters. The molecule has 142 heavy (non-hydrogen) atoms. The smallest absolute Gasteiger partial charge is 0.416 e. The fourth-order valence-electron chi connectivity index (χ4n) is 13.0. The number of aromatic nitrogens is 21. The van der Waals surface area contributed by atoms with Gasteiger partial charge in [0.1, 0.15) is 37.7 Å². The Balaban J connectivity index is 0.000000170. The number of allylic oxidation sites excluding steroid dienone is 1. The number of hydrogen-bond acceptors (Lipinski definition) is 25. The molecule has 0 fully saturated rings. The Labute approximate surface area is 799 Å². The maximum absolute atomic E-state index is 13.2. The second-order valence-electron chi connectivity index (χ2n) is 31.2. The highest BCUT2D eigenvalue weighted by atomic mass is 19.4. The van der Waals surface area contributed by atoms with Gasteiger partial charge in [-0.1, -0.05) is 29.3 Å². The van der Waals surface area contributed by atoms with E-state index in [2.05, 4.69) is 86.4 Å². The number of esters is 2. The Morgan fingerprint density at radius 3 is 1.00 bits per heavy atom. The molecule has 0 aliphatic carbocycles.